The molecule has 0 unspecified atom stereocenters. The van der Waals surface area contributed by atoms with Gasteiger partial charge < -0.3 is 10.0 Å². The first kappa shape index (κ1) is 20.1. The molecule has 0 spiro atoms. The largest absolute Gasteiger partial charge is 0.464 e. The number of carbonyl (C=O) groups excluding carboxylic acids is 1. The Hall–Kier alpha value is -2.68. The first-order chi connectivity index (χ1) is 13.0. The quantitative estimate of drug-likeness (QED) is 0.619. The molecular weight excluding hydrogens is 426 g/mol. The number of carbonyl (C=O) groups is 2. The third-order valence-corrected chi connectivity index (χ3v) is 4.90. The van der Waals surface area contributed by atoms with Crippen molar-refractivity contribution < 1.29 is 14.7 Å². The molecule has 3 aromatic rings. The van der Waals surface area contributed by atoms with Crippen molar-refractivity contribution in [3.8, 4) is 11.3 Å². The molecule has 3 heterocycles. The number of nitrogens with zero attached hydrogens (tertiary/aromatic N) is 5. The molecular formula is C19H22BrN5O3. The Morgan fingerprint density at radius 3 is 2.50 bits per heavy atom. The maximum atomic E-state index is 12.2. The summed E-state index contributed by atoms with van der Waals surface area (Å²) in [6.07, 6.45) is 3.88. The molecule has 0 atom stereocenters. The molecule has 3 rings (SSSR count). The van der Waals surface area contributed by atoms with Crippen molar-refractivity contribution in [1.82, 2.24) is 24.2 Å². The van der Waals surface area contributed by atoms with Crippen LogP contribution in [-0.2, 0) is 16.8 Å². The molecule has 0 fully saturated rings. The van der Waals surface area contributed by atoms with E-state index in [9.17, 15) is 14.7 Å². The number of carboxylic acid groups (broad SMARTS) is 1. The van der Waals surface area contributed by atoms with Crippen molar-refractivity contribution in [3.05, 3.63) is 34.8 Å². The zero-order chi connectivity index (χ0) is 20.8. The second kappa shape index (κ2) is 7.05. The summed E-state index contributed by atoms with van der Waals surface area (Å²) in [4.78, 5) is 29.9. The number of hydrogen-bond acceptors (Lipinski definition) is 4. The van der Waals surface area contributed by atoms with Crippen LogP contribution in [0.3, 0.4) is 0 Å². The van der Waals surface area contributed by atoms with E-state index in [-0.39, 0.29) is 17.9 Å². The monoisotopic (exact) mass is 447 g/mol. The number of pyridine rings is 1. The summed E-state index contributed by atoms with van der Waals surface area (Å²) >= 11 is 3.33. The van der Waals surface area contributed by atoms with Crippen LogP contribution >= 0.6 is 15.9 Å². The van der Waals surface area contributed by atoms with E-state index in [4.69, 9.17) is 0 Å². The van der Waals surface area contributed by atoms with Crippen molar-refractivity contribution >= 4 is 38.8 Å². The average Bonchev–Trinajstić information content (AvgIpc) is 3.15. The summed E-state index contributed by atoms with van der Waals surface area (Å²) in [7, 11) is 3.36. The first-order valence-corrected chi connectivity index (χ1v) is 9.46. The number of aromatic nitrogens is 4. The number of amides is 1. The summed E-state index contributed by atoms with van der Waals surface area (Å²) in [6, 6.07) is 1.70. The smallest absolute Gasteiger partial charge is 0.416 e. The van der Waals surface area contributed by atoms with E-state index >= 15 is 0 Å². The fourth-order valence-corrected chi connectivity index (χ4v) is 3.56. The van der Waals surface area contributed by atoms with Gasteiger partial charge in [0, 0.05) is 37.4 Å². The summed E-state index contributed by atoms with van der Waals surface area (Å²) in [5.41, 5.74) is 2.24. The normalized spacial score (nSPS) is 11.8. The van der Waals surface area contributed by atoms with E-state index < -0.39 is 6.09 Å². The van der Waals surface area contributed by atoms with Gasteiger partial charge in [-0.05, 0) is 33.0 Å². The van der Waals surface area contributed by atoms with E-state index in [1.807, 2.05) is 20.8 Å². The second-order valence-electron chi connectivity index (χ2n) is 7.83. The summed E-state index contributed by atoms with van der Waals surface area (Å²) in [5, 5.41) is 15.0. The molecule has 148 valence electrons. The maximum absolute atomic E-state index is 12.2. The molecule has 3 aromatic heterocycles. The van der Waals surface area contributed by atoms with Crippen LogP contribution in [0.2, 0.25) is 0 Å². The lowest BCUT2D eigenvalue weighted by atomic mass is 9.84. The van der Waals surface area contributed by atoms with Crippen LogP contribution < -0.4 is 0 Å². The van der Waals surface area contributed by atoms with Gasteiger partial charge in [-0.3, -0.25) is 9.48 Å². The highest BCUT2D eigenvalue weighted by atomic mass is 79.9. The van der Waals surface area contributed by atoms with Crippen LogP contribution in [0.15, 0.2) is 29.3 Å². The van der Waals surface area contributed by atoms with Crippen molar-refractivity contribution in [2.75, 3.05) is 14.1 Å². The lowest BCUT2D eigenvalue weighted by Gasteiger charge is -2.20. The lowest BCUT2D eigenvalue weighted by Crippen LogP contribution is -2.26. The SMILES string of the molecule is CN(C)C(=O)Cn1cc(-c2c(C(C)(C)C)c3cnc(Br)cc3n2C(=O)O)cn1. The Kier molecular flexibility index (Phi) is 5.05. The Morgan fingerprint density at radius 2 is 1.93 bits per heavy atom. The zero-order valence-corrected chi connectivity index (χ0v) is 18.0. The molecule has 0 aliphatic rings. The number of likely N-dealkylation sites (N-methyl/N-ethyl adjacent to an activating group) is 1. The van der Waals surface area contributed by atoms with Gasteiger partial charge in [-0.25, -0.2) is 14.3 Å². The molecule has 0 aromatic carbocycles. The predicted octanol–water partition coefficient (Wildman–Crippen LogP) is 3.57. The highest BCUT2D eigenvalue weighted by molar-refractivity contribution is 9.10. The van der Waals surface area contributed by atoms with Crippen molar-refractivity contribution in [2.45, 2.75) is 32.7 Å². The van der Waals surface area contributed by atoms with Gasteiger partial charge in [-0.1, -0.05) is 20.8 Å². The highest BCUT2D eigenvalue weighted by Crippen LogP contribution is 2.41. The number of halogens is 1. The van der Waals surface area contributed by atoms with Crippen LogP contribution in [0, 0.1) is 0 Å². The van der Waals surface area contributed by atoms with Gasteiger partial charge in [0.2, 0.25) is 5.91 Å². The van der Waals surface area contributed by atoms with E-state index in [1.165, 1.54) is 14.1 Å². The summed E-state index contributed by atoms with van der Waals surface area (Å²) in [6.45, 7) is 6.16. The standard InChI is InChI=1S/C19H22BrN5O3/c1-19(2,3)16-12-8-21-14(20)6-13(12)25(18(27)28)17(16)11-7-22-24(9-11)10-15(26)23(4)5/h6-9H,10H2,1-5H3,(H,27,28). The van der Waals surface area contributed by atoms with Gasteiger partial charge in [-0.2, -0.15) is 5.10 Å². The van der Waals surface area contributed by atoms with Crippen molar-refractivity contribution in [2.24, 2.45) is 0 Å². The molecule has 1 N–H and O–H groups in total. The van der Waals surface area contributed by atoms with E-state index in [2.05, 4.69) is 26.0 Å². The molecule has 8 nitrogen and oxygen atoms in total. The minimum Gasteiger partial charge on any atom is -0.464 e. The second-order valence-corrected chi connectivity index (χ2v) is 8.64. The molecule has 28 heavy (non-hydrogen) atoms. The van der Waals surface area contributed by atoms with Gasteiger partial charge in [0.1, 0.15) is 11.1 Å². The predicted molar refractivity (Wildman–Crippen MR) is 109 cm³/mol. The fraction of sp³-hybridized carbons (Fsp3) is 0.368. The first-order valence-electron chi connectivity index (χ1n) is 8.67. The third kappa shape index (κ3) is 3.54. The molecule has 0 saturated heterocycles. The summed E-state index contributed by atoms with van der Waals surface area (Å²) in [5.74, 6) is -0.0994. The van der Waals surface area contributed by atoms with Crippen LogP contribution in [0.4, 0.5) is 4.79 Å². The maximum Gasteiger partial charge on any atom is 0.416 e. The average molecular weight is 448 g/mol. The Balaban J connectivity index is 2.28. The van der Waals surface area contributed by atoms with Gasteiger partial charge in [-0.15, -0.1) is 0 Å². The van der Waals surface area contributed by atoms with Gasteiger partial charge in [0.05, 0.1) is 17.4 Å². The fourth-order valence-electron chi connectivity index (χ4n) is 3.24. The minimum atomic E-state index is -1.09. The molecule has 0 bridgehead atoms. The molecule has 1 amide bonds. The molecule has 0 aliphatic heterocycles. The lowest BCUT2D eigenvalue weighted by molar-refractivity contribution is -0.129. The van der Waals surface area contributed by atoms with E-state index in [0.29, 0.717) is 21.4 Å². The third-order valence-electron chi connectivity index (χ3n) is 4.46. The van der Waals surface area contributed by atoms with Crippen molar-refractivity contribution in [1.29, 1.82) is 0 Å². The van der Waals surface area contributed by atoms with Crippen LogP contribution in [-0.4, -0.2) is 55.4 Å². The Morgan fingerprint density at radius 1 is 1.25 bits per heavy atom. The van der Waals surface area contributed by atoms with E-state index in [0.717, 1.165) is 10.9 Å². The molecule has 9 heteroatoms. The molecule has 0 aliphatic carbocycles. The Bertz CT molecular complexity index is 1080. The summed E-state index contributed by atoms with van der Waals surface area (Å²) < 4.78 is 3.33. The molecule has 0 radical (unpaired) electrons. The van der Waals surface area contributed by atoms with E-state index in [1.54, 1.807) is 38.8 Å². The topological polar surface area (TPSA) is 93.2 Å². The number of fused-ring (bicyclic) bond motifs is 1. The zero-order valence-electron chi connectivity index (χ0n) is 16.4. The van der Waals surface area contributed by atoms with Gasteiger partial charge >= 0.3 is 6.09 Å². The highest BCUT2D eigenvalue weighted by Gasteiger charge is 2.30. The minimum absolute atomic E-state index is 0.0816. The van der Waals surface area contributed by atoms with Crippen molar-refractivity contribution in [3.63, 3.8) is 0 Å². The van der Waals surface area contributed by atoms with Crippen LogP contribution in [0.5, 0.6) is 0 Å². The van der Waals surface area contributed by atoms with Crippen LogP contribution in [0.1, 0.15) is 26.3 Å². The molecule has 0 saturated carbocycles. The number of rotatable bonds is 3. The van der Waals surface area contributed by atoms with Crippen LogP contribution in [0.25, 0.3) is 22.2 Å². The number of hydrogen-bond donors (Lipinski definition) is 1. The van der Waals surface area contributed by atoms with Gasteiger partial charge in [0.15, 0.2) is 0 Å². The Labute approximate surface area is 170 Å². The van der Waals surface area contributed by atoms with Gasteiger partial charge in [0.25, 0.3) is 0 Å².